The van der Waals surface area contributed by atoms with Crippen molar-refractivity contribution in [2.24, 2.45) is 7.05 Å². The van der Waals surface area contributed by atoms with Gasteiger partial charge in [-0.05, 0) is 18.2 Å². The molecule has 0 aliphatic heterocycles. The van der Waals surface area contributed by atoms with Gasteiger partial charge in [0.05, 0.1) is 17.0 Å². The van der Waals surface area contributed by atoms with E-state index in [1.54, 1.807) is 23.0 Å². The molecule has 2 aromatic heterocycles. The SMILES string of the molecule is Cn1nccc1-c1csc(-c2ccccc2O)n1. The molecular formula is C13H11N3OS. The Morgan fingerprint density at radius 3 is 2.78 bits per heavy atom. The van der Waals surface area contributed by atoms with Crippen molar-refractivity contribution in [3.05, 3.63) is 41.9 Å². The number of aromatic nitrogens is 3. The third-order valence-corrected chi connectivity index (χ3v) is 3.60. The number of benzene rings is 1. The predicted octanol–water partition coefficient (Wildman–Crippen LogP) is 2.92. The lowest BCUT2D eigenvalue weighted by atomic mass is 10.2. The van der Waals surface area contributed by atoms with E-state index in [1.807, 2.05) is 30.6 Å². The van der Waals surface area contributed by atoms with Crippen LogP contribution in [0.15, 0.2) is 41.9 Å². The Kier molecular flexibility index (Phi) is 2.60. The zero-order chi connectivity index (χ0) is 12.5. The van der Waals surface area contributed by atoms with E-state index >= 15 is 0 Å². The maximum atomic E-state index is 9.81. The molecule has 0 saturated heterocycles. The normalized spacial score (nSPS) is 10.7. The average molecular weight is 257 g/mol. The van der Waals surface area contributed by atoms with Crippen LogP contribution in [0.1, 0.15) is 0 Å². The summed E-state index contributed by atoms with van der Waals surface area (Å²) in [6, 6.07) is 9.14. The second-order valence-electron chi connectivity index (χ2n) is 3.90. The van der Waals surface area contributed by atoms with Crippen LogP contribution in [0.3, 0.4) is 0 Å². The molecule has 0 aliphatic rings. The monoisotopic (exact) mass is 257 g/mol. The number of thiazole rings is 1. The van der Waals surface area contributed by atoms with E-state index in [2.05, 4.69) is 10.1 Å². The van der Waals surface area contributed by atoms with Crippen molar-refractivity contribution in [1.82, 2.24) is 14.8 Å². The molecular weight excluding hydrogens is 246 g/mol. The van der Waals surface area contributed by atoms with Crippen molar-refractivity contribution in [1.29, 1.82) is 0 Å². The molecule has 0 amide bonds. The van der Waals surface area contributed by atoms with Crippen LogP contribution in [-0.4, -0.2) is 19.9 Å². The molecule has 18 heavy (non-hydrogen) atoms. The summed E-state index contributed by atoms with van der Waals surface area (Å²) < 4.78 is 1.78. The molecule has 0 atom stereocenters. The molecule has 0 saturated carbocycles. The summed E-state index contributed by atoms with van der Waals surface area (Å²) in [5.74, 6) is 0.253. The quantitative estimate of drug-likeness (QED) is 0.768. The molecule has 3 aromatic rings. The number of para-hydroxylation sites is 1. The summed E-state index contributed by atoms with van der Waals surface area (Å²) in [4.78, 5) is 4.54. The number of hydrogen-bond donors (Lipinski definition) is 1. The lowest BCUT2D eigenvalue weighted by Crippen LogP contribution is -1.93. The van der Waals surface area contributed by atoms with Crippen LogP contribution in [0.5, 0.6) is 5.75 Å². The highest BCUT2D eigenvalue weighted by molar-refractivity contribution is 7.13. The fourth-order valence-electron chi connectivity index (χ4n) is 1.79. The van der Waals surface area contributed by atoms with Crippen molar-refractivity contribution >= 4 is 11.3 Å². The molecule has 4 nitrogen and oxygen atoms in total. The topological polar surface area (TPSA) is 50.9 Å². The summed E-state index contributed by atoms with van der Waals surface area (Å²) >= 11 is 1.51. The number of hydrogen-bond acceptors (Lipinski definition) is 4. The first kappa shape index (κ1) is 11.0. The van der Waals surface area contributed by atoms with Crippen molar-refractivity contribution in [2.75, 3.05) is 0 Å². The number of aromatic hydroxyl groups is 1. The van der Waals surface area contributed by atoms with Gasteiger partial charge in [0.1, 0.15) is 10.8 Å². The van der Waals surface area contributed by atoms with Crippen LogP contribution < -0.4 is 0 Å². The van der Waals surface area contributed by atoms with E-state index in [0.29, 0.717) is 0 Å². The van der Waals surface area contributed by atoms with Gasteiger partial charge in [-0.3, -0.25) is 4.68 Å². The van der Waals surface area contributed by atoms with Crippen molar-refractivity contribution < 1.29 is 5.11 Å². The van der Waals surface area contributed by atoms with Crippen molar-refractivity contribution in [2.45, 2.75) is 0 Å². The van der Waals surface area contributed by atoms with Gasteiger partial charge >= 0.3 is 0 Å². The first-order valence-corrected chi connectivity index (χ1v) is 6.36. The summed E-state index contributed by atoms with van der Waals surface area (Å²) in [6.07, 6.45) is 1.74. The Balaban J connectivity index is 2.05. The minimum Gasteiger partial charge on any atom is -0.507 e. The van der Waals surface area contributed by atoms with Gasteiger partial charge in [0, 0.05) is 18.6 Å². The first-order valence-electron chi connectivity index (χ1n) is 5.48. The van der Waals surface area contributed by atoms with Crippen molar-refractivity contribution in [3.63, 3.8) is 0 Å². The van der Waals surface area contributed by atoms with E-state index in [4.69, 9.17) is 0 Å². The lowest BCUT2D eigenvalue weighted by molar-refractivity contribution is 0.477. The fourth-order valence-corrected chi connectivity index (χ4v) is 2.64. The minimum atomic E-state index is 0.253. The second kappa shape index (κ2) is 4.27. The first-order chi connectivity index (χ1) is 8.75. The molecule has 1 N–H and O–H groups in total. The fraction of sp³-hybridized carbons (Fsp3) is 0.0769. The Morgan fingerprint density at radius 1 is 1.22 bits per heavy atom. The maximum absolute atomic E-state index is 9.81. The molecule has 0 spiro atoms. The lowest BCUT2D eigenvalue weighted by Gasteiger charge is -1.99. The van der Waals surface area contributed by atoms with Gasteiger partial charge in [-0.1, -0.05) is 12.1 Å². The Labute approximate surface area is 108 Å². The van der Waals surface area contributed by atoms with E-state index in [9.17, 15) is 5.11 Å². The highest BCUT2D eigenvalue weighted by Gasteiger charge is 2.11. The summed E-state index contributed by atoms with van der Waals surface area (Å²) in [5.41, 5.74) is 2.60. The van der Waals surface area contributed by atoms with Gasteiger partial charge < -0.3 is 5.11 Å². The van der Waals surface area contributed by atoms with Gasteiger partial charge in [-0.2, -0.15) is 5.10 Å². The standard InChI is InChI=1S/C13H11N3OS/c1-16-11(6-7-14-16)10-8-18-13(15-10)9-4-2-3-5-12(9)17/h2-8,17H,1H3. The van der Waals surface area contributed by atoms with Crippen LogP contribution in [0, 0.1) is 0 Å². The smallest absolute Gasteiger partial charge is 0.127 e. The highest BCUT2D eigenvalue weighted by Crippen LogP contribution is 2.33. The van der Waals surface area contributed by atoms with Crippen molar-refractivity contribution in [3.8, 4) is 27.7 Å². The Morgan fingerprint density at radius 2 is 2.06 bits per heavy atom. The Bertz CT molecular complexity index is 687. The minimum absolute atomic E-state index is 0.253. The molecule has 0 aliphatic carbocycles. The largest absolute Gasteiger partial charge is 0.507 e. The van der Waals surface area contributed by atoms with E-state index in [-0.39, 0.29) is 5.75 Å². The van der Waals surface area contributed by atoms with Crippen LogP contribution in [0.25, 0.3) is 22.0 Å². The van der Waals surface area contributed by atoms with Crippen LogP contribution in [0.2, 0.25) is 0 Å². The van der Waals surface area contributed by atoms with Gasteiger partial charge in [0.25, 0.3) is 0 Å². The number of rotatable bonds is 2. The highest BCUT2D eigenvalue weighted by atomic mass is 32.1. The molecule has 0 radical (unpaired) electrons. The van der Waals surface area contributed by atoms with E-state index in [0.717, 1.165) is 22.0 Å². The summed E-state index contributed by atoms with van der Waals surface area (Å²) in [6.45, 7) is 0. The molecule has 90 valence electrons. The van der Waals surface area contributed by atoms with E-state index < -0.39 is 0 Å². The molecule has 5 heteroatoms. The molecule has 2 heterocycles. The van der Waals surface area contributed by atoms with Gasteiger partial charge in [-0.25, -0.2) is 4.98 Å². The summed E-state index contributed by atoms with van der Waals surface area (Å²) in [7, 11) is 1.88. The molecule has 0 unspecified atom stereocenters. The zero-order valence-electron chi connectivity index (χ0n) is 9.74. The van der Waals surface area contributed by atoms with Crippen LogP contribution in [0.4, 0.5) is 0 Å². The van der Waals surface area contributed by atoms with Crippen LogP contribution in [-0.2, 0) is 7.05 Å². The molecule has 0 fully saturated rings. The third kappa shape index (κ3) is 1.78. The third-order valence-electron chi connectivity index (χ3n) is 2.72. The number of aryl methyl sites for hydroxylation is 1. The van der Waals surface area contributed by atoms with Crippen LogP contribution >= 0.6 is 11.3 Å². The second-order valence-corrected chi connectivity index (χ2v) is 4.75. The van der Waals surface area contributed by atoms with Gasteiger partial charge in [0.2, 0.25) is 0 Å². The number of phenols is 1. The van der Waals surface area contributed by atoms with Gasteiger partial charge in [0.15, 0.2) is 0 Å². The van der Waals surface area contributed by atoms with E-state index in [1.165, 1.54) is 11.3 Å². The van der Waals surface area contributed by atoms with Gasteiger partial charge in [-0.15, -0.1) is 11.3 Å². The number of nitrogens with zero attached hydrogens (tertiary/aromatic N) is 3. The predicted molar refractivity (Wildman–Crippen MR) is 71.4 cm³/mol. The molecule has 1 aromatic carbocycles. The zero-order valence-corrected chi connectivity index (χ0v) is 10.6. The molecule has 3 rings (SSSR count). The summed E-state index contributed by atoms with van der Waals surface area (Å²) in [5, 5.41) is 16.7. The number of phenolic OH excluding ortho intramolecular Hbond substituents is 1. The Hall–Kier alpha value is -2.14. The maximum Gasteiger partial charge on any atom is 0.127 e. The average Bonchev–Trinajstić information content (AvgIpc) is 2.98. The molecule has 0 bridgehead atoms.